The van der Waals surface area contributed by atoms with E-state index in [4.69, 9.17) is 10.5 Å². The number of halogens is 4. The number of guanidine groups is 1. The van der Waals surface area contributed by atoms with Crippen molar-refractivity contribution in [3.05, 3.63) is 0 Å². The van der Waals surface area contributed by atoms with E-state index in [0.717, 1.165) is 13.1 Å². The predicted octanol–water partition coefficient (Wildman–Crippen LogP) is 3.01. The lowest BCUT2D eigenvalue weighted by molar-refractivity contribution is -0.183. The smallest absolute Gasteiger partial charge is 0.375 e. The van der Waals surface area contributed by atoms with Crippen molar-refractivity contribution in [3.63, 3.8) is 0 Å². The molecule has 1 heterocycles. The van der Waals surface area contributed by atoms with Crippen molar-refractivity contribution < 1.29 is 17.9 Å². The third kappa shape index (κ3) is 5.75. The second-order valence-electron chi connectivity index (χ2n) is 6.09. The molecule has 2 rings (SSSR count). The number of nitrogens with two attached hydrogens (primary N) is 1. The topological polar surface area (TPSA) is 50.8 Å². The van der Waals surface area contributed by atoms with Crippen LogP contribution in [-0.2, 0) is 4.74 Å². The molecule has 0 spiro atoms. The third-order valence-electron chi connectivity index (χ3n) is 4.39. The van der Waals surface area contributed by atoms with Crippen LogP contribution in [0.3, 0.4) is 0 Å². The summed E-state index contributed by atoms with van der Waals surface area (Å²) in [4.78, 5) is 6.36. The Hall–Kier alpha value is -0.250. The first kappa shape index (κ1) is 19.8. The molecule has 4 nitrogen and oxygen atoms in total. The molecule has 0 bridgehead atoms. The zero-order valence-corrected chi connectivity index (χ0v) is 15.1. The van der Waals surface area contributed by atoms with E-state index in [2.05, 4.69) is 4.99 Å². The van der Waals surface area contributed by atoms with Gasteiger partial charge in [-0.25, -0.2) is 0 Å². The van der Waals surface area contributed by atoms with Crippen molar-refractivity contribution in [3.8, 4) is 0 Å². The van der Waals surface area contributed by atoms with E-state index in [9.17, 15) is 13.2 Å². The molecule has 1 aliphatic heterocycles. The van der Waals surface area contributed by atoms with E-state index in [1.54, 1.807) is 0 Å². The van der Waals surface area contributed by atoms with E-state index >= 15 is 0 Å². The Labute approximate surface area is 146 Å². The molecule has 0 aromatic rings. The number of aliphatic imine (C=N–C) groups is 1. The molecular weight excluding hydrogens is 410 g/mol. The van der Waals surface area contributed by atoms with Gasteiger partial charge in [-0.15, -0.1) is 24.0 Å². The Kier molecular flexibility index (Phi) is 7.70. The molecule has 22 heavy (non-hydrogen) atoms. The summed E-state index contributed by atoms with van der Waals surface area (Å²) in [5, 5.41) is 0. The van der Waals surface area contributed by atoms with Crippen LogP contribution in [0.5, 0.6) is 0 Å². The van der Waals surface area contributed by atoms with Crippen molar-refractivity contribution in [1.82, 2.24) is 4.90 Å². The molecule has 2 aliphatic rings. The molecule has 1 atom stereocenters. The van der Waals surface area contributed by atoms with Crippen LogP contribution in [0.1, 0.15) is 32.6 Å². The van der Waals surface area contributed by atoms with Gasteiger partial charge in [0.15, 0.2) is 5.96 Å². The van der Waals surface area contributed by atoms with E-state index in [1.165, 1.54) is 0 Å². The number of hydrogen-bond donors (Lipinski definition) is 1. The molecule has 0 radical (unpaired) electrons. The average molecular weight is 435 g/mol. The van der Waals surface area contributed by atoms with Gasteiger partial charge in [0.2, 0.25) is 0 Å². The van der Waals surface area contributed by atoms with Crippen LogP contribution in [0.4, 0.5) is 13.2 Å². The number of hydrogen-bond acceptors (Lipinski definition) is 2. The van der Waals surface area contributed by atoms with Gasteiger partial charge in [-0.3, -0.25) is 4.99 Å². The van der Waals surface area contributed by atoms with Crippen molar-refractivity contribution in [2.24, 2.45) is 22.6 Å². The summed E-state index contributed by atoms with van der Waals surface area (Å²) in [6, 6.07) is 0. The minimum atomic E-state index is -4.04. The lowest BCUT2D eigenvalue weighted by Crippen LogP contribution is -2.48. The van der Waals surface area contributed by atoms with Crippen molar-refractivity contribution in [1.29, 1.82) is 0 Å². The Balaban J connectivity index is 0.00000242. The quantitative estimate of drug-likeness (QED) is 0.412. The molecule has 1 unspecified atom stereocenters. The minimum absolute atomic E-state index is 0. The minimum Gasteiger partial charge on any atom is -0.375 e. The molecule has 1 aliphatic carbocycles. The highest BCUT2D eigenvalue weighted by Crippen LogP contribution is 2.39. The first-order valence-corrected chi connectivity index (χ1v) is 7.59. The lowest BCUT2D eigenvalue weighted by atomic mass is 9.82. The largest absolute Gasteiger partial charge is 0.391 e. The highest BCUT2D eigenvalue weighted by atomic mass is 127. The molecular formula is C14H25F3IN3O. The number of nitrogens with zero attached hydrogens (tertiary/aromatic N) is 2. The third-order valence-corrected chi connectivity index (χ3v) is 4.39. The molecule has 2 fully saturated rings. The summed E-state index contributed by atoms with van der Waals surface area (Å²) in [5.41, 5.74) is 5.96. The predicted molar refractivity (Wildman–Crippen MR) is 90.4 cm³/mol. The highest BCUT2D eigenvalue weighted by molar-refractivity contribution is 14.0. The maximum atomic E-state index is 12.6. The van der Waals surface area contributed by atoms with Crippen molar-refractivity contribution in [2.75, 3.05) is 26.2 Å². The zero-order valence-electron chi connectivity index (χ0n) is 12.8. The van der Waals surface area contributed by atoms with Crippen molar-refractivity contribution in [2.45, 2.75) is 44.9 Å². The summed E-state index contributed by atoms with van der Waals surface area (Å²) in [5.74, 6) is -0.418. The van der Waals surface area contributed by atoms with Gasteiger partial charge in [-0.1, -0.05) is 0 Å². The van der Waals surface area contributed by atoms with Crippen LogP contribution in [-0.4, -0.2) is 49.4 Å². The average Bonchev–Trinajstić information content (AvgIpc) is 2.44. The lowest BCUT2D eigenvalue weighted by Gasteiger charge is -2.32. The van der Waals surface area contributed by atoms with Crippen LogP contribution in [0.15, 0.2) is 4.99 Å². The van der Waals surface area contributed by atoms with Gasteiger partial charge in [0.05, 0.1) is 18.6 Å². The molecule has 8 heteroatoms. The number of ether oxygens (including phenoxy) is 1. The van der Waals surface area contributed by atoms with Gasteiger partial charge < -0.3 is 15.4 Å². The van der Waals surface area contributed by atoms with E-state index in [-0.39, 0.29) is 48.8 Å². The van der Waals surface area contributed by atoms with Crippen molar-refractivity contribution >= 4 is 29.9 Å². The molecule has 130 valence electrons. The van der Waals surface area contributed by atoms with Crippen LogP contribution in [0.2, 0.25) is 0 Å². The van der Waals surface area contributed by atoms with Gasteiger partial charge in [-0.05, 0) is 38.5 Å². The summed E-state index contributed by atoms with van der Waals surface area (Å²) in [6.45, 7) is 4.59. The summed E-state index contributed by atoms with van der Waals surface area (Å²) < 4.78 is 43.2. The first-order valence-electron chi connectivity index (χ1n) is 7.59. The molecule has 0 aromatic carbocycles. The van der Waals surface area contributed by atoms with Gasteiger partial charge in [0, 0.05) is 19.6 Å². The normalized spacial score (nSPS) is 30.8. The zero-order chi connectivity index (χ0) is 15.5. The summed E-state index contributed by atoms with van der Waals surface area (Å²) in [6.07, 6.45) is -2.30. The van der Waals surface area contributed by atoms with Crippen LogP contribution in [0.25, 0.3) is 0 Å². The van der Waals surface area contributed by atoms with Gasteiger partial charge >= 0.3 is 6.18 Å². The number of morpholine rings is 1. The summed E-state index contributed by atoms with van der Waals surface area (Å²) in [7, 11) is 0. The Morgan fingerprint density at radius 2 is 1.91 bits per heavy atom. The maximum Gasteiger partial charge on any atom is 0.391 e. The first-order chi connectivity index (χ1) is 9.86. The maximum absolute atomic E-state index is 12.6. The van der Waals surface area contributed by atoms with E-state index < -0.39 is 12.1 Å². The highest BCUT2D eigenvalue weighted by Gasteiger charge is 2.41. The monoisotopic (exact) mass is 435 g/mol. The fraction of sp³-hybridized carbons (Fsp3) is 0.929. The Morgan fingerprint density at radius 3 is 2.45 bits per heavy atom. The summed E-state index contributed by atoms with van der Waals surface area (Å²) >= 11 is 0. The Morgan fingerprint density at radius 1 is 1.27 bits per heavy atom. The van der Waals surface area contributed by atoms with Crippen LogP contribution >= 0.6 is 24.0 Å². The van der Waals surface area contributed by atoms with Gasteiger partial charge in [0.25, 0.3) is 0 Å². The second kappa shape index (κ2) is 8.56. The SMILES string of the molecule is CC1CN(C(N)=NCC2CCC(C(F)(F)F)CC2)CCO1.I. The Bertz CT molecular complexity index is 371. The molecule has 2 N–H and O–H groups in total. The fourth-order valence-corrected chi connectivity index (χ4v) is 3.02. The molecule has 0 aromatic heterocycles. The van der Waals surface area contributed by atoms with E-state index in [0.29, 0.717) is 32.0 Å². The molecule has 1 saturated heterocycles. The van der Waals surface area contributed by atoms with Gasteiger partial charge in [0.1, 0.15) is 0 Å². The van der Waals surface area contributed by atoms with Crippen LogP contribution < -0.4 is 5.73 Å². The van der Waals surface area contributed by atoms with Gasteiger partial charge in [-0.2, -0.15) is 13.2 Å². The second-order valence-corrected chi connectivity index (χ2v) is 6.09. The standard InChI is InChI=1S/C14H24F3N3O.HI/c1-10-9-20(6-7-21-10)13(18)19-8-11-2-4-12(5-3-11)14(15,16)17;/h10-12H,2-9H2,1H3,(H2,18,19);1H. The fourth-order valence-electron chi connectivity index (χ4n) is 3.02. The molecule has 0 amide bonds. The number of rotatable bonds is 2. The number of alkyl halides is 3. The van der Waals surface area contributed by atoms with E-state index in [1.807, 2.05) is 11.8 Å². The molecule has 1 saturated carbocycles. The van der Waals surface area contributed by atoms with Crippen LogP contribution in [0, 0.1) is 11.8 Å².